The molecule has 0 spiro atoms. The number of ether oxygens (including phenoxy) is 1. The summed E-state index contributed by atoms with van der Waals surface area (Å²) in [5, 5.41) is 2.65. The number of carbonyl (C=O) groups is 2. The second kappa shape index (κ2) is 35.5. The standard InChI is InChI=1S/C3H7NO.C2H4O2.C2H6/c1-4-2-3-5;1-4-2-3;1-2/h3-4H,2H2,1H3;2H,1H3;1-2H3. The predicted octanol–water partition coefficient (Wildman–Crippen LogP) is 0.220. The molecule has 0 aliphatic carbocycles. The minimum absolute atomic E-state index is 0.375. The normalized spacial score (nSPS) is 5.82. The van der Waals surface area contributed by atoms with Crippen molar-refractivity contribution in [2.24, 2.45) is 0 Å². The van der Waals surface area contributed by atoms with Crippen molar-refractivity contribution < 1.29 is 14.3 Å². The number of hydrogen-bond donors (Lipinski definition) is 1. The van der Waals surface area contributed by atoms with Gasteiger partial charge in [0.25, 0.3) is 6.47 Å². The molecular formula is C7H17NO3. The highest BCUT2D eigenvalue weighted by Gasteiger charge is 1.62. The molecule has 0 radical (unpaired) electrons. The lowest BCUT2D eigenvalue weighted by Gasteiger charge is -1.75. The van der Waals surface area contributed by atoms with Gasteiger partial charge in [-0.05, 0) is 7.05 Å². The van der Waals surface area contributed by atoms with Crippen molar-refractivity contribution in [3.63, 3.8) is 0 Å². The monoisotopic (exact) mass is 163 g/mol. The summed E-state index contributed by atoms with van der Waals surface area (Å²) in [6.07, 6.45) is 0.819. The molecule has 0 heterocycles. The molecule has 0 aromatic rings. The third kappa shape index (κ3) is 104. The lowest BCUT2D eigenvalue weighted by Crippen LogP contribution is -2.07. The van der Waals surface area contributed by atoms with Crippen LogP contribution in [0.3, 0.4) is 0 Å². The van der Waals surface area contributed by atoms with Crippen LogP contribution in [0.1, 0.15) is 13.8 Å². The van der Waals surface area contributed by atoms with E-state index in [0.717, 1.165) is 6.29 Å². The lowest BCUT2D eigenvalue weighted by atomic mass is 10.7. The van der Waals surface area contributed by atoms with Crippen LogP contribution in [-0.4, -0.2) is 33.5 Å². The van der Waals surface area contributed by atoms with Crippen LogP contribution in [0.5, 0.6) is 0 Å². The topological polar surface area (TPSA) is 55.4 Å². The quantitative estimate of drug-likeness (QED) is 0.605. The summed E-state index contributed by atoms with van der Waals surface area (Å²) in [7, 11) is 3.04. The van der Waals surface area contributed by atoms with Gasteiger partial charge in [-0.3, -0.25) is 4.79 Å². The number of aldehydes is 1. The van der Waals surface area contributed by atoms with Crippen molar-refractivity contribution in [2.45, 2.75) is 13.8 Å². The Morgan fingerprint density at radius 1 is 1.36 bits per heavy atom. The molecule has 0 aromatic carbocycles. The molecule has 0 aliphatic rings. The zero-order valence-electron chi connectivity index (χ0n) is 7.59. The fourth-order valence-electron chi connectivity index (χ4n) is 0.0833. The van der Waals surface area contributed by atoms with Crippen molar-refractivity contribution >= 4 is 12.8 Å². The molecule has 4 heteroatoms. The summed E-state index contributed by atoms with van der Waals surface area (Å²) in [5.74, 6) is 0. The fraction of sp³-hybridized carbons (Fsp3) is 0.714. The Bertz CT molecular complexity index is 66.7. The molecule has 0 unspecified atom stereocenters. The van der Waals surface area contributed by atoms with E-state index in [2.05, 4.69) is 10.1 Å². The van der Waals surface area contributed by atoms with Gasteiger partial charge in [0.05, 0.1) is 13.7 Å². The van der Waals surface area contributed by atoms with Crippen molar-refractivity contribution in [2.75, 3.05) is 20.7 Å². The molecule has 4 nitrogen and oxygen atoms in total. The zero-order chi connectivity index (χ0) is 9.54. The summed E-state index contributed by atoms with van der Waals surface area (Å²) in [5.41, 5.74) is 0. The number of likely N-dealkylation sites (N-methyl/N-ethyl adjacent to an activating group) is 1. The Hall–Kier alpha value is -0.900. The number of hydrogen-bond acceptors (Lipinski definition) is 4. The van der Waals surface area contributed by atoms with Gasteiger partial charge in [-0.2, -0.15) is 0 Å². The second-order valence-corrected chi connectivity index (χ2v) is 1.06. The minimum atomic E-state index is 0.375. The maximum absolute atomic E-state index is 9.34. The second-order valence-electron chi connectivity index (χ2n) is 1.06. The summed E-state index contributed by atoms with van der Waals surface area (Å²) in [6.45, 7) is 4.83. The molecular weight excluding hydrogens is 146 g/mol. The maximum Gasteiger partial charge on any atom is 0.292 e. The molecule has 0 rings (SSSR count). The van der Waals surface area contributed by atoms with Crippen LogP contribution in [0.15, 0.2) is 0 Å². The van der Waals surface area contributed by atoms with E-state index in [1.54, 1.807) is 7.05 Å². The van der Waals surface area contributed by atoms with Crippen molar-refractivity contribution in [1.29, 1.82) is 0 Å². The first kappa shape index (κ1) is 16.6. The Morgan fingerprint density at radius 3 is 1.73 bits per heavy atom. The predicted molar refractivity (Wildman–Crippen MR) is 44.4 cm³/mol. The Kier molecular flexibility index (Phi) is 53.6. The van der Waals surface area contributed by atoms with E-state index in [9.17, 15) is 4.79 Å². The molecule has 0 amide bonds. The molecule has 0 atom stereocenters. The first-order valence-electron chi connectivity index (χ1n) is 3.38. The largest absolute Gasteiger partial charge is 0.471 e. The number of nitrogens with one attached hydrogen (secondary N) is 1. The summed E-state index contributed by atoms with van der Waals surface area (Å²) in [4.78, 5) is 18.3. The average molecular weight is 163 g/mol. The van der Waals surface area contributed by atoms with E-state index >= 15 is 0 Å². The van der Waals surface area contributed by atoms with Gasteiger partial charge in [0.15, 0.2) is 0 Å². The van der Waals surface area contributed by atoms with E-state index in [1.165, 1.54) is 7.11 Å². The van der Waals surface area contributed by atoms with Crippen molar-refractivity contribution in [3.8, 4) is 0 Å². The highest BCUT2D eigenvalue weighted by molar-refractivity contribution is 5.51. The van der Waals surface area contributed by atoms with Crippen LogP contribution < -0.4 is 5.32 Å². The highest BCUT2D eigenvalue weighted by Crippen LogP contribution is 1.35. The summed E-state index contributed by atoms with van der Waals surface area (Å²) >= 11 is 0. The van der Waals surface area contributed by atoms with Crippen LogP contribution in [0, 0.1) is 0 Å². The van der Waals surface area contributed by atoms with Crippen LogP contribution in [0.2, 0.25) is 0 Å². The fourth-order valence-corrected chi connectivity index (χ4v) is 0.0833. The molecule has 0 saturated carbocycles. The lowest BCUT2D eigenvalue weighted by molar-refractivity contribution is -0.126. The summed E-state index contributed by atoms with van der Waals surface area (Å²) < 4.78 is 3.86. The van der Waals surface area contributed by atoms with Crippen molar-refractivity contribution in [1.82, 2.24) is 5.32 Å². The molecule has 68 valence electrons. The van der Waals surface area contributed by atoms with Crippen LogP contribution in [-0.2, 0) is 14.3 Å². The maximum atomic E-state index is 9.34. The van der Waals surface area contributed by atoms with E-state index in [0.29, 0.717) is 13.0 Å². The van der Waals surface area contributed by atoms with Gasteiger partial charge in [-0.15, -0.1) is 0 Å². The molecule has 1 N–H and O–H groups in total. The first-order chi connectivity index (χ1) is 5.33. The molecule has 0 bridgehead atoms. The number of methoxy groups -OCH3 is 1. The van der Waals surface area contributed by atoms with Gasteiger partial charge >= 0.3 is 0 Å². The molecule has 11 heavy (non-hydrogen) atoms. The van der Waals surface area contributed by atoms with Gasteiger partial charge in [0.2, 0.25) is 0 Å². The van der Waals surface area contributed by atoms with Crippen LogP contribution in [0.25, 0.3) is 0 Å². The molecule has 0 aliphatic heterocycles. The molecule has 0 fully saturated rings. The van der Waals surface area contributed by atoms with Gasteiger partial charge in [-0.1, -0.05) is 13.8 Å². The third-order valence-corrected chi connectivity index (χ3v) is 0.384. The van der Waals surface area contributed by atoms with E-state index < -0.39 is 0 Å². The first-order valence-corrected chi connectivity index (χ1v) is 3.38. The summed E-state index contributed by atoms with van der Waals surface area (Å²) in [6, 6.07) is 0. The smallest absolute Gasteiger partial charge is 0.292 e. The van der Waals surface area contributed by atoms with Crippen LogP contribution >= 0.6 is 0 Å². The molecule has 0 aromatic heterocycles. The van der Waals surface area contributed by atoms with Crippen molar-refractivity contribution in [3.05, 3.63) is 0 Å². The number of carbonyl (C=O) groups excluding carboxylic acids is 2. The van der Waals surface area contributed by atoms with Crippen LogP contribution in [0.4, 0.5) is 0 Å². The van der Waals surface area contributed by atoms with E-state index in [4.69, 9.17) is 4.79 Å². The molecule has 0 saturated heterocycles. The average Bonchev–Trinajstić information content (AvgIpc) is 2.10. The van der Waals surface area contributed by atoms with Gasteiger partial charge < -0.3 is 14.8 Å². The minimum Gasteiger partial charge on any atom is -0.471 e. The van der Waals surface area contributed by atoms with Gasteiger partial charge in [0.1, 0.15) is 6.29 Å². The Balaban J connectivity index is -0.0000000965. The Labute approximate surface area is 67.9 Å². The Morgan fingerprint density at radius 2 is 1.73 bits per heavy atom. The number of rotatable bonds is 3. The SMILES string of the molecule is CC.CNCC=O.COC=O. The van der Waals surface area contributed by atoms with Gasteiger partial charge in [-0.25, -0.2) is 0 Å². The van der Waals surface area contributed by atoms with E-state index in [-0.39, 0.29) is 0 Å². The zero-order valence-corrected chi connectivity index (χ0v) is 7.59. The van der Waals surface area contributed by atoms with Gasteiger partial charge in [0, 0.05) is 0 Å². The highest BCUT2D eigenvalue weighted by atomic mass is 16.5. The third-order valence-electron chi connectivity index (χ3n) is 0.384. The van der Waals surface area contributed by atoms with E-state index in [1.807, 2.05) is 13.8 Å².